The van der Waals surface area contributed by atoms with Gasteiger partial charge in [0.2, 0.25) is 0 Å². The molecule has 0 rings (SSSR count). The number of unbranched alkanes of at least 4 members (excludes halogenated alkanes) is 8. The Morgan fingerprint density at radius 3 is 1.54 bits per heavy atom. The van der Waals surface area contributed by atoms with Crippen molar-refractivity contribution in [3.63, 3.8) is 0 Å². The fourth-order valence-electron chi connectivity index (χ4n) is 1.31. The maximum Gasteiger partial charge on any atom is 2.00 e. The Morgan fingerprint density at radius 2 is 1.15 bits per heavy atom. The van der Waals surface area contributed by atoms with Gasteiger partial charge in [-0.2, -0.15) is 6.42 Å². The Labute approximate surface area is 99.5 Å². The molecule has 0 aromatic rings. The van der Waals surface area contributed by atoms with Gasteiger partial charge in [0, 0.05) is 0 Å². The van der Waals surface area contributed by atoms with Gasteiger partial charge in [-0.1, -0.05) is 58.3 Å². The summed E-state index contributed by atoms with van der Waals surface area (Å²) in [5.41, 5.74) is 0. The summed E-state index contributed by atoms with van der Waals surface area (Å²) in [6.45, 7) is 6.10. The summed E-state index contributed by atoms with van der Waals surface area (Å²) in [5, 5.41) is 0. The van der Waals surface area contributed by atoms with Crippen LogP contribution in [0.3, 0.4) is 0 Å². The number of nitrogens with two attached hydrogens (primary N) is 1. The largest absolute Gasteiger partial charge is 2.00 e. The molecule has 0 aromatic carbocycles. The van der Waals surface area contributed by atoms with Crippen molar-refractivity contribution in [3.05, 3.63) is 13.1 Å². The normalized spacial score (nSPS) is 8.77. The van der Waals surface area contributed by atoms with E-state index < -0.39 is 0 Å². The van der Waals surface area contributed by atoms with E-state index in [1.165, 1.54) is 51.4 Å². The maximum atomic E-state index is 3.83. The van der Waals surface area contributed by atoms with Crippen molar-refractivity contribution in [2.45, 2.75) is 64.7 Å². The third-order valence-electron chi connectivity index (χ3n) is 2.10. The number of hydrogen-bond donors (Lipinski definition) is 0. The zero-order chi connectivity index (χ0) is 8.36. The van der Waals surface area contributed by atoms with Crippen molar-refractivity contribution >= 4 is 0 Å². The summed E-state index contributed by atoms with van der Waals surface area (Å²) < 4.78 is 0. The van der Waals surface area contributed by atoms with Crippen molar-refractivity contribution in [2.75, 3.05) is 0 Å². The van der Waals surface area contributed by atoms with Gasteiger partial charge in [-0.3, -0.25) is 0 Å². The minimum absolute atomic E-state index is 0. The summed E-state index contributed by atoms with van der Waals surface area (Å²) in [6, 6.07) is 0. The molecule has 0 bridgehead atoms. The fourth-order valence-corrected chi connectivity index (χ4v) is 1.31. The molecule has 0 aliphatic rings. The molecule has 2 N–H and O–H groups in total. The summed E-state index contributed by atoms with van der Waals surface area (Å²) >= 11 is 0. The Bertz CT molecular complexity index is 59.1. The van der Waals surface area contributed by atoms with Gasteiger partial charge in [0.1, 0.15) is 0 Å². The van der Waals surface area contributed by atoms with Crippen LogP contribution in [0.4, 0.5) is 0 Å². The molecule has 13 heavy (non-hydrogen) atoms. The molecule has 0 heterocycles. The molecule has 0 unspecified atom stereocenters. The summed E-state index contributed by atoms with van der Waals surface area (Å²) in [7, 11) is 0. The third-order valence-corrected chi connectivity index (χ3v) is 2.10. The van der Waals surface area contributed by atoms with Gasteiger partial charge < -0.3 is 13.1 Å². The SMILES string of the molecule is [CH2-]CCCCCCCCCC.[NH2-].[Ti+2]. The second-order valence-corrected chi connectivity index (χ2v) is 3.33. The Kier molecular flexibility index (Phi) is 27.4. The van der Waals surface area contributed by atoms with Crippen LogP contribution in [-0.2, 0) is 21.7 Å². The van der Waals surface area contributed by atoms with Gasteiger partial charge in [0.15, 0.2) is 0 Å². The van der Waals surface area contributed by atoms with E-state index in [1.807, 2.05) is 0 Å². The first-order chi connectivity index (χ1) is 5.41. The van der Waals surface area contributed by atoms with E-state index in [2.05, 4.69) is 13.8 Å². The molecule has 0 aromatic heterocycles. The molecule has 0 aliphatic heterocycles. The van der Waals surface area contributed by atoms with Crippen molar-refractivity contribution in [3.8, 4) is 0 Å². The van der Waals surface area contributed by atoms with E-state index in [4.69, 9.17) is 0 Å². The Balaban J connectivity index is -0.000000500. The first-order valence-electron chi connectivity index (χ1n) is 5.21. The van der Waals surface area contributed by atoms with Gasteiger partial charge in [0.25, 0.3) is 0 Å². The maximum absolute atomic E-state index is 3.83. The van der Waals surface area contributed by atoms with Crippen LogP contribution in [0.1, 0.15) is 64.7 Å². The van der Waals surface area contributed by atoms with Gasteiger partial charge >= 0.3 is 21.7 Å². The standard InChI is InChI=1S/C11H23.H2N.Ti/c1-3-5-7-9-11-10-8-6-4-2;;/h1,3-11H2,2H3;1H2;/q2*-1;+2. The molecule has 0 atom stereocenters. The first kappa shape index (κ1) is 19.3. The van der Waals surface area contributed by atoms with Gasteiger partial charge in [-0.25, -0.2) is 0 Å². The zero-order valence-corrected chi connectivity index (χ0v) is 10.7. The second-order valence-electron chi connectivity index (χ2n) is 3.33. The molecule has 0 fully saturated rings. The molecule has 0 saturated carbocycles. The molecular formula is C11H25NTi. The van der Waals surface area contributed by atoms with Crippen LogP contribution in [0.2, 0.25) is 0 Å². The third kappa shape index (κ3) is 19.2. The van der Waals surface area contributed by atoms with Crippen LogP contribution in [0.5, 0.6) is 0 Å². The molecule has 0 aliphatic carbocycles. The molecule has 78 valence electrons. The summed E-state index contributed by atoms with van der Waals surface area (Å²) in [6.07, 6.45) is 12.4. The van der Waals surface area contributed by atoms with Gasteiger partial charge in [0.05, 0.1) is 0 Å². The minimum Gasteiger partial charge on any atom is -0.693 e. The molecule has 2 heteroatoms. The van der Waals surface area contributed by atoms with E-state index in [-0.39, 0.29) is 27.9 Å². The van der Waals surface area contributed by atoms with Gasteiger partial charge in [-0.15, -0.1) is 0 Å². The average molecular weight is 219 g/mol. The van der Waals surface area contributed by atoms with Gasteiger partial charge in [-0.05, 0) is 0 Å². The molecule has 0 radical (unpaired) electrons. The quantitative estimate of drug-likeness (QED) is 0.310. The summed E-state index contributed by atoms with van der Waals surface area (Å²) in [5.74, 6) is 0. The first-order valence-corrected chi connectivity index (χ1v) is 5.21. The number of hydrogen-bond acceptors (Lipinski definition) is 0. The van der Waals surface area contributed by atoms with Crippen LogP contribution in [0, 0.1) is 6.92 Å². The van der Waals surface area contributed by atoms with E-state index in [9.17, 15) is 0 Å². The van der Waals surface area contributed by atoms with E-state index >= 15 is 0 Å². The predicted octanol–water partition coefficient (Wildman–Crippen LogP) is 5.07. The zero-order valence-electron chi connectivity index (χ0n) is 9.15. The van der Waals surface area contributed by atoms with E-state index in [0.29, 0.717) is 0 Å². The topological polar surface area (TPSA) is 33.5 Å². The van der Waals surface area contributed by atoms with Crippen LogP contribution >= 0.6 is 0 Å². The van der Waals surface area contributed by atoms with Crippen LogP contribution in [0.25, 0.3) is 6.15 Å². The molecule has 0 amide bonds. The molecular weight excluding hydrogens is 194 g/mol. The monoisotopic (exact) mass is 219 g/mol. The van der Waals surface area contributed by atoms with Crippen LogP contribution in [-0.4, -0.2) is 0 Å². The molecule has 0 saturated heterocycles. The molecule has 0 spiro atoms. The summed E-state index contributed by atoms with van der Waals surface area (Å²) in [4.78, 5) is 0. The van der Waals surface area contributed by atoms with Crippen molar-refractivity contribution < 1.29 is 21.7 Å². The van der Waals surface area contributed by atoms with Crippen LogP contribution < -0.4 is 0 Å². The fraction of sp³-hybridized carbons (Fsp3) is 0.909. The van der Waals surface area contributed by atoms with Crippen molar-refractivity contribution in [1.82, 2.24) is 0 Å². The van der Waals surface area contributed by atoms with E-state index in [0.717, 1.165) is 6.42 Å². The van der Waals surface area contributed by atoms with Crippen molar-refractivity contribution in [2.24, 2.45) is 0 Å². The van der Waals surface area contributed by atoms with Crippen LogP contribution in [0.15, 0.2) is 0 Å². The second kappa shape index (κ2) is 18.5. The smallest absolute Gasteiger partial charge is 0.693 e. The van der Waals surface area contributed by atoms with E-state index in [1.54, 1.807) is 0 Å². The Morgan fingerprint density at radius 1 is 0.769 bits per heavy atom. The predicted molar refractivity (Wildman–Crippen MR) is 57.9 cm³/mol. The minimum atomic E-state index is 0. The van der Waals surface area contributed by atoms with Crippen molar-refractivity contribution in [1.29, 1.82) is 0 Å². The Hall–Kier alpha value is 0.674. The number of rotatable bonds is 8. The molecule has 1 nitrogen and oxygen atoms in total. The average Bonchev–Trinajstić information content (AvgIpc) is 2.03.